The van der Waals surface area contributed by atoms with Crippen LogP contribution in [0, 0.1) is 6.92 Å². The van der Waals surface area contributed by atoms with Crippen LogP contribution in [-0.4, -0.2) is 21.7 Å². The largest absolute Gasteiger partial charge is 0.455 e. The molecule has 2 rings (SSSR count). The Labute approximate surface area is 105 Å². The summed E-state index contributed by atoms with van der Waals surface area (Å²) in [6, 6.07) is 3.53. The fourth-order valence-corrected chi connectivity index (χ4v) is 1.59. The lowest BCUT2D eigenvalue weighted by molar-refractivity contribution is 0.297. The summed E-state index contributed by atoms with van der Waals surface area (Å²) in [6.45, 7) is 1.98. The Morgan fingerprint density at radius 1 is 1.28 bits per heavy atom. The molecule has 2 aromatic heterocycles. The molecule has 0 aromatic carbocycles. The van der Waals surface area contributed by atoms with E-state index in [0.717, 1.165) is 11.1 Å². The first-order valence-corrected chi connectivity index (χ1v) is 5.64. The fraction of sp³-hybridized carbons (Fsp3) is 0.231. The van der Waals surface area contributed by atoms with E-state index in [0.29, 0.717) is 23.7 Å². The number of aliphatic hydroxyl groups excluding tert-OH is 1. The average molecular weight is 245 g/mol. The molecule has 0 aliphatic heterocycles. The van der Waals surface area contributed by atoms with E-state index in [1.165, 1.54) is 0 Å². The molecular formula is C13H15N3O2. The van der Waals surface area contributed by atoms with Gasteiger partial charge in [-0.2, -0.15) is 0 Å². The molecule has 0 bridgehead atoms. The smallest absolute Gasteiger partial charge is 0.145 e. The van der Waals surface area contributed by atoms with Crippen molar-refractivity contribution < 1.29 is 9.84 Å². The highest BCUT2D eigenvalue weighted by atomic mass is 16.5. The Morgan fingerprint density at radius 3 is 2.83 bits per heavy atom. The number of nitrogen functional groups attached to an aromatic ring is 1. The predicted molar refractivity (Wildman–Crippen MR) is 68.5 cm³/mol. The van der Waals surface area contributed by atoms with Gasteiger partial charge in [0.2, 0.25) is 0 Å². The van der Waals surface area contributed by atoms with Crippen LogP contribution < -0.4 is 10.5 Å². The van der Waals surface area contributed by atoms with Gasteiger partial charge in [-0.15, -0.1) is 0 Å². The predicted octanol–water partition coefficient (Wildman–Crippen LogP) is 1.69. The molecule has 0 atom stereocenters. The number of nitrogens with zero attached hydrogens (tertiary/aromatic N) is 2. The van der Waals surface area contributed by atoms with Gasteiger partial charge in [0.25, 0.3) is 0 Å². The summed E-state index contributed by atoms with van der Waals surface area (Å²) in [6.07, 6.45) is 5.47. The first kappa shape index (κ1) is 12.3. The van der Waals surface area contributed by atoms with Gasteiger partial charge in [-0.05, 0) is 18.6 Å². The van der Waals surface area contributed by atoms with E-state index in [1.807, 2.05) is 13.0 Å². The number of rotatable bonds is 4. The second-order valence-corrected chi connectivity index (χ2v) is 3.99. The Kier molecular flexibility index (Phi) is 3.74. The normalized spacial score (nSPS) is 10.3. The average Bonchev–Trinajstić information content (AvgIpc) is 2.33. The van der Waals surface area contributed by atoms with Crippen molar-refractivity contribution in [3.05, 3.63) is 41.9 Å². The summed E-state index contributed by atoms with van der Waals surface area (Å²) in [5, 5.41) is 9.00. The molecule has 2 aromatic rings. The number of hydrogen-bond acceptors (Lipinski definition) is 5. The highest BCUT2D eigenvalue weighted by molar-refractivity contribution is 5.44. The highest BCUT2D eigenvalue weighted by Gasteiger charge is 2.07. The summed E-state index contributed by atoms with van der Waals surface area (Å²) in [4.78, 5) is 8.05. The third-order valence-corrected chi connectivity index (χ3v) is 2.42. The van der Waals surface area contributed by atoms with E-state index in [4.69, 9.17) is 15.6 Å². The molecule has 5 nitrogen and oxygen atoms in total. The molecule has 0 unspecified atom stereocenters. The highest BCUT2D eigenvalue weighted by Crippen LogP contribution is 2.26. The van der Waals surface area contributed by atoms with Crippen LogP contribution in [0.3, 0.4) is 0 Å². The molecule has 0 amide bonds. The minimum atomic E-state index is 0.0357. The third-order valence-electron chi connectivity index (χ3n) is 2.42. The minimum absolute atomic E-state index is 0.0357. The zero-order chi connectivity index (χ0) is 13.0. The Morgan fingerprint density at radius 2 is 2.11 bits per heavy atom. The second kappa shape index (κ2) is 5.46. The fourth-order valence-electron chi connectivity index (χ4n) is 1.59. The van der Waals surface area contributed by atoms with Gasteiger partial charge in [-0.3, -0.25) is 4.98 Å². The number of hydrogen-bond donors (Lipinski definition) is 2. The van der Waals surface area contributed by atoms with E-state index in [-0.39, 0.29) is 6.61 Å². The molecule has 0 saturated heterocycles. The van der Waals surface area contributed by atoms with E-state index < -0.39 is 0 Å². The molecule has 0 aliphatic carbocycles. The van der Waals surface area contributed by atoms with E-state index in [9.17, 15) is 0 Å². The molecule has 3 N–H and O–H groups in total. The van der Waals surface area contributed by atoms with Crippen molar-refractivity contribution in [2.24, 2.45) is 0 Å². The maximum absolute atomic E-state index is 9.00. The zero-order valence-electron chi connectivity index (χ0n) is 10.1. The molecule has 2 heterocycles. The molecule has 0 spiro atoms. The van der Waals surface area contributed by atoms with Gasteiger partial charge in [-0.25, -0.2) is 4.98 Å². The van der Waals surface area contributed by atoms with Crippen LogP contribution >= 0.6 is 0 Å². The lowest BCUT2D eigenvalue weighted by atomic mass is 10.2. The summed E-state index contributed by atoms with van der Waals surface area (Å²) in [7, 11) is 0. The maximum Gasteiger partial charge on any atom is 0.145 e. The van der Waals surface area contributed by atoms with Gasteiger partial charge in [0.15, 0.2) is 0 Å². The molecule has 94 valence electrons. The molecule has 18 heavy (non-hydrogen) atoms. The quantitative estimate of drug-likeness (QED) is 0.856. The van der Waals surface area contributed by atoms with Crippen molar-refractivity contribution in [2.45, 2.75) is 13.3 Å². The summed E-state index contributed by atoms with van der Waals surface area (Å²) in [5.41, 5.74) is 7.46. The van der Waals surface area contributed by atoms with Crippen molar-refractivity contribution in [3.8, 4) is 11.5 Å². The second-order valence-electron chi connectivity index (χ2n) is 3.99. The van der Waals surface area contributed by atoms with Crippen LogP contribution in [-0.2, 0) is 6.42 Å². The number of ether oxygens (including phenoxy) is 1. The van der Waals surface area contributed by atoms with Crippen LogP contribution in [0.1, 0.15) is 11.1 Å². The Bertz CT molecular complexity index is 544. The van der Waals surface area contributed by atoms with Crippen molar-refractivity contribution in [1.29, 1.82) is 0 Å². The molecule has 0 fully saturated rings. The number of aliphatic hydroxyl groups is 1. The topological polar surface area (TPSA) is 81.3 Å². The van der Waals surface area contributed by atoms with Gasteiger partial charge in [0.1, 0.15) is 17.3 Å². The van der Waals surface area contributed by atoms with Crippen molar-refractivity contribution in [3.63, 3.8) is 0 Å². The minimum Gasteiger partial charge on any atom is -0.455 e. The van der Waals surface area contributed by atoms with Crippen molar-refractivity contribution >= 4 is 5.82 Å². The number of aromatic nitrogens is 2. The van der Waals surface area contributed by atoms with Crippen molar-refractivity contribution in [2.75, 3.05) is 12.3 Å². The van der Waals surface area contributed by atoms with Crippen LogP contribution in [0.4, 0.5) is 5.82 Å². The van der Waals surface area contributed by atoms with Gasteiger partial charge in [0, 0.05) is 37.1 Å². The molecule has 0 aliphatic rings. The summed E-state index contributed by atoms with van der Waals surface area (Å²) < 4.78 is 5.73. The summed E-state index contributed by atoms with van der Waals surface area (Å²) >= 11 is 0. The van der Waals surface area contributed by atoms with E-state index >= 15 is 0 Å². The first-order valence-electron chi connectivity index (χ1n) is 5.64. The van der Waals surface area contributed by atoms with Gasteiger partial charge < -0.3 is 15.6 Å². The summed E-state index contributed by atoms with van der Waals surface area (Å²) in [5.74, 6) is 1.62. The van der Waals surface area contributed by atoms with Crippen LogP contribution in [0.2, 0.25) is 0 Å². The first-order chi connectivity index (χ1) is 8.69. The SMILES string of the molecule is Cc1cncc(Oc2cc(N)ncc2CCO)c1. The van der Waals surface area contributed by atoms with E-state index in [1.54, 1.807) is 24.7 Å². The standard InChI is InChI=1S/C13H15N3O2/c1-9-4-11(8-15-6-9)18-12-5-13(14)16-7-10(12)2-3-17/h4-8,17H,2-3H2,1H3,(H2,14,16). The Balaban J connectivity index is 2.29. The third kappa shape index (κ3) is 2.95. The van der Waals surface area contributed by atoms with Crippen LogP contribution in [0.5, 0.6) is 11.5 Å². The van der Waals surface area contributed by atoms with Crippen molar-refractivity contribution in [1.82, 2.24) is 9.97 Å². The molecule has 5 heteroatoms. The number of aryl methyl sites for hydroxylation is 1. The number of pyridine rings is 2. The molecule has 0 radical (unpaired) electrons. The number of anilines is 1. The zero-order valence-corrected chi connectivity index (χ0v) is 10.1. The van der Waals surface area contributed by atoms with Gasteiger partial charge in [0.05, 0.1) is 6.20 Å². The number of nitrogens with two attached hydrogens (primary N) is 1. The van der Waals surface area contributed by atoms with Crippen LogP contribution in [0.15, 0.2) is 30.7 Å². The Hall–Kier alpha value is -2.14. The molecular weight excluding hydrogens is 230 g/mol. The lowest BCUT2D eigenvalue weighted by Crippen LogP contribution is -1.99. The maximum atomic E-state index is 9.00. The van der Waals surface area contributed by atoms with E-state index in [2.05, 4.69) is 9.97 Å². The van der Waals surface area contributed by atoms with Gasteiger partial charge >= 0.3 is 0 Å². The van der Waals surface area contributed by atoms with Crippen LogP contribution in [0.25, 0.3) is 0 Å². The molecule has 0 saturated carbocycles. The van der Waals surface area contributed by atoms with Gasteiger partial charge in [-0.1, -0.05) is 0 Å². The monoisotopic (exact) mass is 245 g/mol. The lowest BCUT2D eigenvalue weighted by Gasteiger charge is -2.10.